The molecular weight excluding hydrogens is 394 g/mol. The van der Waals surface area contributed by atoms with E-state index in [9.17, 15) is 9.59 Å². The highest BCUT2D eigenvalue weighted by Crippen LogP contribution is 2.37. The van der Waals surface area contributed by atoms with E-state index < -0.39 is 5.97 Å². The van der Waals surface area contributed by atoms with Gasteiger partial charge in [-0.15, -0.1) is 0 Å². The van der Waals surface area contributed by atoms with E-state index in [0.717, 1.165) is 23.0 Å². The number of furan rings is 1. The zero-order chi connectivity index (χ0) is 19.7. The largest absolute Gasteiger partial charge is 0.478 e. The number of nitrogens with zero attached hydrogens (tertiary/aromatic N) is 1. The highest BCUT2D eigenvalue weighted by atomic mass is 32.2. The number of carbonyl (C=O) groups is 2. The number of amides is 1. The molecule has 5 nitrogen and oxygen atoms in total. The first-order valence-electron chi connectivity index (χ1n) is 8.29. The Labute approximate surface area is 170 Å². The van der Waals surface area contributed by atoms with Crippen molar-refractivity contribution < 1.29 is 19.1 Å². The van der Waals surface area contributed by atoms with Gasteiger partial charge in [-0.1, -0.05) is 42.5 Å². The first-order chi connectivity index (χ1) is 13.5. The van der Waals surface area contributed by atoms with E-state index >= 15 is 0 Å². The maximum absolute atomic E-state index is 12.4. The van der Waals surface area contributed by atoms with E-state index in [2.05, 4.69) is 0 Å². The van der Waals surface area contributed by atoms with Crippen LogP contribution in [0.1, 0.15) is 16.1 Å². The fourth-order valence-corrected chi connectivity index (χ4v) is 4.02. The van der Waals surface area contributed by atoms with Crippen molar-refractivity contribution in [1.29, 1.82) is 0 Å². The number of carboxylic acid groups (broad SMARTS) is 1. The third-order valence-electron chi connectivity index (χ3n) is 4.12. The van der Waals surface area contributed by atoms with Gasteiger partial charge in [0.05, 0.1) is 16.2 Å². The Balaban J connectivity index is 1.58. The molecule has 1 aliphatic rings. The van der Waals surface area contributed by atoms with Gasteiger partial charge in [-0.25, -0.2) is 4.79 Å². The predicted molar refractivity (Wildman–Crippen MR) is 114 cm³/mol. The number of aromatic carboxylic acids is 1. The van der Waals surface area contributed by atoms with Gasteiger partial charge in [-0.2, -0.15) is 0 Å². The molecule has 2 heterocycles. The van der Waals surface area contributed by atoms with E-state index in [0.29, 0.717) is 21.4 Å². The molecule has 3 aromatic rings. The summed E-state index contributed by atoms with van der Waals surface area (Å²) in [5, 5.41) is 8.83. The molecule has 1 N–H and O–H groups in total. The van der Waals surface area contributed by atoms with Gasteiger partial charge in [-0.3, -0.25) is 9.69 Å². The van der Waals surface area contributed by atoms with Crippen molar-refractivity contribution in [3.63, 3.8) is 0 Å². The minimum atomic E-state index is -0.976. The number of carboxylic acids is 1. The second-order valence-corrected chi connectivity index (χ2v) is 7.32. The van der Waals surface area contributed by atoms with Crippen molar-refractivity contribution >= 4 is 51.9 Å². The number of hydrogen-bond acceptors (Lipinski definition) is 5. The summed E-state index contributed by atoms with van der Waals surface area (Å²) in [6.07, 6.45) is 1.74. The molecule has 1 amide bonds. The van der Waals surface area contributed by atoms with Crippen LogP contribution in [-0.2, 0) is 0 Å². The molecule has 7 heteroatoms. The zero-order valence-electron chi connectivity index (χ0n) is 14.4. The molecule has 2 aromatic carbocycles. The summed E-state index contributed by atoms with van der Waals surface area (Å²) in [6.45, 7) is 0. The minimum Gasteiger partial charge on any atom is -0.478 e. The summed E-state index contributed by atoms with van der Waals surface area (Å²) in [5.74, 6) is 0.185. The topological polar surface area (TPSA) is 70.8 Å². The van der Waals surface area contributed by atoms with Crippen LogP contribution in [0.2, 0.25) is 0 Å². The van der Waals surface area contributed by atoms with E-state index in [1.807, 2.05) is 30.3 Å². The van der Waals surface area contributed by atoms with Crippen LogP contribution in [0, 0.1) is 0 Å². The van der Waals surface area contributed by atoms with Gasteiger partial charge < -0.3 is 9.52 Å². The van der Waals surface area contributed by atoms with Gasteiger partial charge in [0.2, 0.25) is 0 Å². The smallest absolute Gasteiger partial charge is 0.335 e. The van der Waals surface area contributed by atoms with Gasteiger partial charge in [0, 0.05) is 5.56 Å². The van der Waals surface area contributed by atoms with Crippen LogP contribution < -0.4 is 4.90 Å². The Morgan fingerprint density at radius 2 is 1.75 bits per heavy atom. The van der Waals surface area contributed by atoms with Gasteiger partial charge in [0.15, 0.2) is 0 Å². The van der Waals surface area contributed by atoms with Crippen LogP contribution >= 0.6 is 24.0 Å². The lowest BCUT2D eigenvalue weighted by atomic mass is 10.1. The highest BCUT2D eigenvalue weighted by Gasteiger charge is 2.33. The molecule has 0 bridgehead atoms. The molecule has 0 aliphatic carbocycles. The lowest BCUT2D eigenvalue weighted by molar-refractivity contribution is 0.0697. The van der Waals surface area contributed by atoms with Crippen LogP contribution in [0.4, 0.5) is 10.5 Å². The summed E-state index contributed by atoms with van der Waals surface area (Å²) in [6, 6.07) is 19.3. The van der Waals surface area contributed by atoms with Gasteiger partial charge in [-0.05, 0) is 54.2 Å². The minimum absolute atomic E-state index is 0.154. The normalized spacial score (nSPS) is 15.4. The molecule has 1 aliphatic heterocycles. The number of rotatable bonds is 4. The Kier molecular flexibility index (Phi) is 4.85. The van der Waals surface area contributed by atoms with Crippen LogP contribution in [0.5, 0.6) is 0 Å². The number of anilines is 1. The highest BCUT2D eigenvalue weighted by molar-refractivity contribution is 8.20. The number of para-hydroxylation sites is 1. The number of carbonyl (C=O) groups excluding carboxylic acids is 1. The van der Waals surface area contributed by atoms with Crippen molar-refractivity contribution in [3.8, 4) is 11.3 Å². The van der Waals surface area contributed by atoms with Crippen LogP contribution in [0.3, 0.4) is 0 Å². The lowest BCUT2D eigenvalue weighted by Crippen LogP contribution is -2.26. The van der Waals surface area contributed by atoms with Gasteiger partial charge >= 0.3 is 5.97 Å². The number of thioether (sulfide) groups is 1. The second kappa shape index (κ2) is 7.46. The molecule has 1 fully saturated rings. The van der Waals surface area contributed by atoms with Crippen LogP contribution in [0.25, 0.3) is 17.4 Å². The molecule has 0 spiro atoms. The van der Waals surface area contributed by atoms with Crippen molar-refractivity contribution in [2.24, 2.45) is 0 Å². The summed E-state index contributed by atoms with van der Waals surface area (Å²) in [7, 11) is 0. The van der Waals surface area contributed by atoms with Gasteiger partial charge in [0.25, 0.3) is 5.24 Å². The summed E-state index contributed by atoms with van der Waals surface area (Å²) >= 11 is 6.54. The van der Waals surface area contributed by atoms with E-state index in [-0.39, 0.29) is 10.8 Å². The predicted octanol–water partition coefficient (Wildman–Crippen LogP) is 5.69. The molecular formula is C21H13NO4S2. The van der Waals surface area contributed by atoms with Gasteiger partial charge in [0.1, 0.15) is 16.5 Å². The van der Waals surface area contributed by atoms with Crippen molar-refractivity contribution in [2.45, 2.75) is 0 Å². The first kappa shape index (κ1) is 18.2. The standard InChI is InChI=1S/C21H13NO4S2/c23-20(24)14-8-6-13(7-9-14)17-11-10-16(26-17)12-18-19(27)22(21(25)28-18)15-4-2-1-3-5-15/h1-12H,(H,23,24). The number of benzene rings is 2. The average Bonchev–Trinajstić information content (AvgIpc) is 3.27. The quantitative estimate of drug-likeness (QED) is 0.443. The van der Waals surface area contributed by atoms with E-state index in [1.54, 1.807) is 30.3 Å². The molecule has 4 rings (SSSR count). The lowest BCUT2D eigenvalue weighted by Gasteiger charge is -2.14. The molecule has 138 valence electrons. The SMILES string of the molecule is O=C(O)c1ccc(-c2ccc(C=C3SC(=O)N(c4ccccc4)C3=S)o2)cc1. The molecule has 1 saturated heterocycles. The number of hydrogen-bond donors (Lipinski definition) is 1. The molecule has 1 aromatic heterocycles. The molecule has 0 saturated carbocycles. The molecule has 0 unspecified atom stereocenters. The van der Waals surface area contributed by atoms with Crippen molar-refractivity contribution in [2.75, 3.05) is 4.90 Å². The fraction of sp³-hybridized carbons (Fsp3) is 0. The first-order valence-corrected chi connectivity index (χ1v) is 9.52. The maximum atomic E-state index is 12.4. The monoisotopic (exact) mass is 407 g/mol. The Morgan fingerprint density at radius 1 is 1.04 bits per heavy atom. The van der Waals surface area contributed by atoms with E-state index in [4.69, 9.17) is 21.7 Å². The van der Waals surface area contributed by atoms with E-state index in [1.165, 1.54) is 17.0 Å². The van der Waals surface area contributed by atoms with Crippen LogP contribution in [0.15, 0.2) is 76.1 Å². The third kappa shape index (κ3) is 3.49. The summed E-state index contributed by atoms with van der Waals surface area (Å²) in [5.41, 5.74) is 1.70. The zero-order valence-corrected chi connectivity index (χ0v) is 16.0. The Hall–Kier alpha value is -3.16. The summed E-state index contributed by atoms with van der Waals surface area (Å²) < 4.78 is 5.83. The fourth-order valence-electron chi connectivity index (χ4n) is 2.76. The Morgan fingerprint density at radius 3 is 2.43 bits per heavy atom. The molecule has 28 heavy (non-hydrogen) atoms. The third-order valence-corrected chi connectivity index (χ3v) is 5.54. The summed E-state index contributed by atoms with van der Waals surface area (Å²) in [4.78, 5) is 25.9. The molecule has 0 atom stereocenters. The second-order valence-electron chi connectivity index (χ2n) is 5.94. The maximum Gasteiger partial charge on any atom is 0.335 e. The Bertz CT molecular complexity index is 1100. The molecule has 0 radical (unpaired) electrons. The van der Waals surface area contributed by atoms with Crippen molar-refractivity contribution in [3.05, 3.63) is 83.0 Å². The number of thiocarbonyl (C=S) groups is 1. The van der Waals surface area contributed by atoms with Crippen molar-refractivity contribution in [1.82, 2.24) is 0 Å². The van der Waals surface area contributed by atoms with Crippen LogP contribution in [-0.4, -0.2) is 21.3 Å². The average molecular weight is 407 g/mol.